The lowest BCUT2D eigenvalue weighted by Gasteiger charge is -2.33. The zero-order chi connectivity index (χ0) is 11.3. The summed E-state index contributed by atoms with van der Waals surface area (Å²) in [5, 5.41) is 6.32. The first kappa shape index (κ1) is 12.2. The van der Waals surface area contributed by atoms with Crippen LogP contribution in [0.3, 0.4) is 0 Å². The molecule has 86 valence electrons. The number of piperidine rings is 1. The van der Waals surface area contributed by atoms with Crippen molar-refractivity contribution in [1.29, 1.82) is 0 Å². The van der Waals surface area contributed by atoms with Gasteiger partial charge in [0.2, 0.25) is 5.91 Å². The van der Waals surface area contributed by atoms with E-state index in [0.29, 0.717) is 0 Å². The van der Waals surface area contributed by atoms with E-state index in [1.165, 1.54) is 0 Å². The summed E-state index contributed by atoms with van der Waals surface area (Å²) in [5.74, 6) is 0.170. The first-order valence-electron chi connectivity index (χ1n) is 5.71. The number of amides is 1. The molecule has 2 unspecified atom stereocenters. The molecule has 0 saturated carbocycles. The standard InChI is InChI=1S/C12H22N2O/c1-4-6-10(2)14-11(15)12(3)7-5-8-13-9-12/h4,10,13H,1,5-9H2,2-3H3,(H,14,15). The van der Waals surface area contributed by atoms with Crippen LogP contribution in [-0.2, 0) is 4.79 Å². The lowest BCUT2D eigenvalue weighted by Crippen LogP contribution is -2.50. The summed E-state index contributed by atoms with van der Waals surface area (Å²) in [5.41, 5.74) is -0.228. The van der Waals surface area contributed by atoms with Crippen molar-refractivity contribution in [3.8, 4) is 0 Å². The van der Waals surface area contributed by atoms with Gasteiger partial charge in [0.25, 0.3) is 0 Å². The molecule has 1 amide bonds. The number of nitrogens with one attached hydrogen (secondary N) is 2. The quantitative estimate of drug-likeness (QED) is 0.690. The van der Waals surface area contributed by atoms with E-state index < -0.39 is 0 Å². The second-order valence-corrected chi connectivity index (χ2v) is 4.74. The minimum Gasteiger partial charge on any atom is -0.353 e. The fourth-order valence-corrected chi connectivity index (χ4v) is 1.96. The third-order valence-electron chi connectivity index (χ3n) is 3.04. The lowest BCUT2D eigenvalue weighted by molar-refractivity contribution is -0.131. The Morgan fingerprint density at radius 1 is 1.73 bits per heavy atom. The van der Waals surface area contributed by atoms with Crippen LogP contribution in [0.15, 0.2) is 12.7 Å². The lowest BCUT2D eigenvalue weighted by atomic mass is 9.81. The van der Waals surface area contributed by atoms with Crippen LogP contribution in [0.25, 0.3) is 0 Å². The first-order valence-corrected chi connectivity index (χ1v) is 5.71. The van der Waals surface area contributed by atoms with Gasteiger partial charge in [-0.15, -0.1) is 6.58 Å². The largest absolute Gasteiger partial charge is 0.353 e. The number of carbonyl (C=O) groups excluding carboxylic acids is 1. The van der Waals surface area contributed by atoms with E-state index in [1.54, 1.807) is 0 Å². The Morgan fingerprint density at radius 3 is 3.00 bits per heavy atom. The molecule has 0 spiro atoms. The molecule has 1 aliphatic heterocycles. The van der Waals surface area contributed by atoms with Crippen molar-refractivity contribution in [2.45, 2.75) is 39.2 Å². The third-order valence-corrected chi connectivity index (χ3v) is 3.04. The fraction of sp³-hybridized carbons (Fsp3) is 0.750. The van der Waals surface area contributed by atoms with Crippen LogP contribution >= 0.6 is 0 Å². The van der Waals surface area contributed by atoms with Gasteiger partial charge in [-0.3, -0.25) is 4.79 Å². The Kier molecular flexibility index (Phi) is 4.33. The summed E-state index contributed by atoms with van der Waals surface area (Å²) in [6.07, 6.45) is 4.73. The molecule has 1 saturated heterocycles. The highest BCUT2D eigenvalue weighted by Gasteiger charge is 2.34. The smallest absolute Gasteiger partial charge is 0.227 e. The average molecular weight is 210 g/mol. The van der Waals surface area contributed by atoms with Gasteiger partial charge < -0.3 is 10.6 Å². The zero-order valence-electron chi connectivity index (χ0n) is 9.81. The predicted molar refractivity (Wildman–Crippen MR) is 62.6 cm³/mol. The van der Waals surface area contributed by atoms with Crippen LogP contribution in [0.1, 0.15) is 33.1 Å². The van der Waals surface area contributed by atoms with Crippen molar-refractivity contribution >= 4 is 5.91 Å². The van der Waals surface area contributed by atoms with Gasteiger partial charge >= 0.3 is 0 Å². The van der Waals surface area contributed by atoms with Crippen LogP contribution in [0.4, 0.5) is 0 Å². The second kappa shape index (κ2) is 5.31. The topological polar surface area (TPSA) is 41.1 Å². The Labute approximate surface area is 92.3 Å². The van der Waals surface area contributed by atoms with Crippen molar-refractivity contribution in [2.24, 2.45) is 5.41 Å². The van der Waals surface area contributed by atoms with E-state index >= 15 is 0 Å². The van der Waals surface area contributed by atoms with Gasteiger partial charge in [-0.05, 0) is 39.7 Å². The molecule has 0 aromatic carbocycles. The van der Waals surface area contributed by atoms with E-state index in [-0.39, 0.29) is 17.4 Å². The molecule has 2 atom stereocenters. The van der Waals surface area contributed by atoms with Crippen LogP contribution in [0, 0.1) is 5.41 Å². The summed E-state index contributed by atoms with van der Waals surface area (Å²) < 4.78 is 0. The number of rotatable bonds is 4. The van der Waals surface area contributed by atoms with Gasteiger partial charge in [0.1, 0.15) is 0 Å². The highest BCUT2D eigenvalue weighted by atomic mass is 16.2. The minimum atomic E-state index is -0.228. The van der Waals surface area contributed by atoms with Crippen molar-refractivity contribution in [3.05, 3.63) is 12.7 Å². The van der Waals surface area contributed by atoms with Crippen LogP contribution < -0.4 is 10.6 Å². The van der Waals surface area contributed by atoms with E-state index in [4.69, 9.17) is 0 Å². The maximum absolute atomic E-state index is 12.0. The van der Waals surface area contributed by atoms with E-state index in [2.05, 4.69) is 17.2 Å². The molecule has 0 radical (unpaired) electrons. The van der Waals surface area contributed by atoms with Crippen LogP contribution in [0.2, 0.25) is 0 Å². The molecule has 15 heavy (non-hydrogen) atoms. The number of carbonyl (C=O) groups is 1. The summed E-state index contributed by atoms with van der Waals surface area (Å²) in [7, 11) is 0. The Morgan fingerprint density at radius 2 is 2.47 bits per heavy atom. The van der Waals surface area contributed by atoms with Crippen molar-refractivity contribution in [2.75, 3.05) is 13.1 Å². The molecule has 1 rings (SSSR count). The zero-order valence-corrected chi connectivity index (χ0v) is 9.81. The van der Waals surface area contributed by atoms with Gasteiger partial charge in [-0.2, -0.15) is 0 Å². The minimum absolute atomic E-state index is 0.170. The fourth-order valence-electron chi connectivity index (χ4n) is 1.96. The molecule has 0 aromatic rings. The molecule has 1 aliphatic rings. The molecule has 0 bridgehead atoms. The van der Waals surface area contributed by atoms with Crippen LogP contribution in [0.5, 0.6) is 0 Å². The molecule has 1 fully saturated rings. The van der Waals surface area contributed by atoms with Gasteiger partial charge in [0.15, 0.2) is 0 Å². The summed E-state index contributed by atoms with van der Waals surface area (Å²) in [6, 6.07) is 0.189. The van der Waals surface area contributed by atoms with Gasteiger partial charge in [-0.1, -0.05) is 6.08 Å². The highest BCUT2D eigenvalue weighted by Crippen LogP contribution is 2.25. The third kappa shape index (κ3) is 3.34. The second-order valence-electron chi connectivity index (χ2n) is 4.74. The summed E-state index contributed by atoms with van der Waals surface area (Å²) >= 11 is 0. The van der Waals surface area contributed by atoms with Gasteiger partial charge in [0, 0.05) is 12.6 Å². The van der Waals surface area contributed by atoms with Crippen molar-refractivity contribution in [1.82, 2.24) is 10.6 Å². The van der Waals surface area contributed by atoms with Crippen molar-refractivity contribution < 1.29 is 4.79 Å². The molecule has 1 heterocycles. The van der Waals surface area contributed by atoms with E-state index in [0.717, 1.165) is 32.4 Å². The SMILES string of the molecule is C=CCC(C)NC(=O)C1(C)CCCNC1. The average Bonchev–Trinajstić information content (AvgIpc) is 2.19. The summed E-state index contributed by atoms with van der Waals surface area (Å²) in [4.78, 5) is 12.0. The molecule has 3 heteroatoms. The van der Waals surface area contributed by atoms with Gasteiger partial charge in [0.05, 0.1) is 5.41 Å². The maximum atomic E-state index is 12.0. The number of hydrogen-bond donors (Lipinski definition) is 2. The van der Waals surface area contributed by atoms with E-state index in [9.17, 15) is 4.79 Å². The first-order chi connectivity index (χ1) is 7.08. The van der Waals surface area contributed by atoms with Gasteiger partial charge in [-0.25, -0.2) is 0 Å². The molecule has 0 aliphatic carbocycles. The normalized spacial score (nSPS) is 28.1. The summed E-state index contributed by atoms with van der Waals surface area (Å²) in [6.45, 7) is 9.55. The number of hydrogen-bond acceptors (Lipinski definition) is 2. The molecule has 3 nitrogen and oxygen atoms in total. The van der Waals surface area contributed by atoms with Crippen molar-refractivity contribution in [3.63, 3.8) is 0 Å². The monoisotopic (exact) mass is 210 g/mol. The molecular formula is C12H22N2O. The van der Waals surface area contributed by atoms with Crippen LogP contribution in [-0.4, -0.2) is 25.0 Å². The Bertz CT molecular complexity index is 232. The molecular weight excluding hydrogens is 188 g/mol. The highest BCUT2D eigenvalue weighted by molar-refractivity contribution is 5.82. The molecule has 2 N–H and O–H groups in total. The Hall–Kier alpha value is -0.830. The predicted octanol–water partition coefficient (Wildman–Crippen LogP) is 1.46. The van der Waals surface area contributed by atoms with E-state index in [1.807, 2.05) is 19.9 Å². The maximum Gasteiger partial charge on any atom is 0.227 e. The Balaban J connectivity index is 2.47. The molecule has 0 aromatic heterocycles.